The van der Waals surface area contributed by atoms with E-state index in [9.17, 15) is 14.7 Å². The van der Waals surface area contributed by atoms with Crippen LogP contribution in [0.4, 0.5) is 5.13 Å². The highest BCUT2D eigenvalue weighted by atomic mass is 79.9. The lowest BCUT2D eigenvalue weighted by atomic mass is 9.95. The molecule has 3 aromatic rings. The van der Waals surface area contributed by atoms with Crippen LogP contribution in [0.2, 0.25) is 0 Å². The van der Waals surface area contributed by atoms with Crippen LogP contribution in [0.1, 0.15) is 22.2 Å². The van der Waals surface area contributed by atoms with E-state index in [4.69, 9.17) is 4.74 Å². The normalized spacial score (nSPS) is 18.1. The highest BCUT2D eigenvalue weighted by Gasteiger charge is 2.48. The molecule has 1 atom stereocenters. The van der Waals surface area contributed by atoms with Crippen LogP contribution in [0.5, 0.6) is 5.75 Å². The molecule has 30 heavy (non-hydrogen) atoms. The van der Waals surface area contributed by atoms with E-state index in [-0.39, 0.29) is 11.3 Å². The number of halogens is 1. The topological polar surface area (TPSA) is 92.6 Å². The van der Waals surface area contributed by atoms with E-state index in [0.29, 0.717) is 27.0 Å². The van der Waals surface area contributed by atoms with Crippen molar-refractivity contribution in [2.45, 2.75) is 13.0 Å². The standard InChI is InChI=1S/C21H16BrN3O4S/c1-11-23-24-21(30-11)25-17(12-3-7-14(22)8-4-12)16(19(27)20(25)28)18(26)13-5-9-15(29-2)10-6-13/h3-10,17,26H,1-2H3/b18-16+. The average molecular weight is 486 g/mol. The predicted molar refractivity (Wildman–Crippen MR) is 117 cm³/mol. The fourth-order valence-electron chi connectivity index (χ4n) is 3.28. The lowest BCUT2D eigenvalue weighted by molar-refractivity contribution is -0.132. The quantitative estimate of drug-likeness (QED) is 0.337. The van der Waals surface area contributed by atoms with E-state index >= 15 is 0 Å². The summed E-state index contributed by atoms with van der Waals surface area (Å²) in [5, 5.41) is 20.0. The SMILES string of the molecule is COc1ccc(/C(O)=C2\C(=O)C(=O)N(c3nnc(C)s3)C2c2ccc(Br)cc2)cc1. The van der Waals surface area contributed by atoms with Gasteiger partial charge in [0, 0.05) is 10.0 Å². The van der Waals surface area contributed by atoms with Crippen LogP contribution in [-0.4, -0.2) is 34.1 Å². The number of hydrogen-bond acceptors (Lipinski definition) is 7. The van der Waals surface area contributed by atoms with Crippen LogP contribution < -0.4 is 9.64 Å². The van der Waals surface area contributed by atoms with Crippen LogP contribution in [-0.2, 0) is 9.59 Å². The third kappa shape index (κ3) is 3.50. The van der Waals surface area contributed by atoms with Gasteiger partial charge < -0.3 is 9.84 Å². The van der Waals surface area contributed by atoms with Crippen LogP contribution in [0.15, 0.2) is 58.6 Å². The van der Waals surface area contributed by atoms with Gasteiger partial charge in [0.25, 0.3) is 5.78 Å². The molecule has 0 aliphatic carbocycles. The monoisotopic (exact) mass is 485 g/mol. The summed E-state index contributed by atoms with van der Waals surface area (Å²) in [6.07, 6.45) is 0. The van der Waals surface area contributed by atoms with Gasteiger partial charge in [0.05, 0.1) is 18.7 Å². The molecule has 0 saturated carbocycles. The summed E-state index contributed by atoms with van der Waals surface area (Å²) in [6, 6.07) is 13.0. The van der Waals surface area contributed by atoms with E-state index in [2.05, 4.69) is 26.1 Å². The fourth-order valence-corrected chi connectivity index (χ4v) is 4.26. The Bertz CT molecular complexity index is 1160. The third-order valence-electron chi connectivity index (χ3n) is 4.72. The minimum Gasteiger partial charge on any atom is -0.507 e. The number of nitrogens with zero attached hydrogens (tertiary/aromatic N) is 3. The van der Waals surface area contributed by atoms with E-state index < -0.39 is 17.7 Å². The van der Waals surface area contributed by atoms with Gasteiger partial charge in [0.1, 0.15) is 16.5 Å². The molecule has 1 unspecified atom stereocenters. The minimum atomic E-state index is -0.826. The molecule has 1 amide bonds. The molecule has 1 aromatic heterocycles. The zero-order valence-corrected chi connectivity index (χ0v) is 18.4. The molecule has 152 valence electrons. The van der Waals surface area contributed by atoms with Gasteiger partial charge in [0.15, 0.2) is 0 Å². The smallest absolute Gasteiger partial charge is 0.301 e. The first-order chi connectivity index (χ1) is 14.4. The zero-order valence-electron chi connectivity index (χ0n) is 16.0. The lowest BCUT2D eigenvalue weighted by Gasteiger charge is -2.22. The van der Waals surface area contributed by atoms with Gasteiger partial charge in [-0.2, -0.15) is 0 Å². The molecular weight excluding hydrogens is 470 g/mol. The van der Waals surface area contributed by atoms with Crippen molar-refractivity contribution in [3.8, 4) is 5.75 Å². The Morgan fingerprint density at radius 2 is 1.77 bits per heavy atom. The van der Waals surface area contributed by atoms with Crippen molar-refractivity contribution in [2.75, 3.05) is 12.0 Å². The van der Waals surface area contributed by atoms with Crippen LogP contribution in [0.3, 0.4) is 0 Å². The molecule has 0 spiro atoms. The Kier molecular flexibility index (Phi) is 5.40. The Morgan fingerprint density at radius 3 is 2.33 bits per heavy atom. The first-order valence-corrected chi connectivity index (χ1v) is 10.5. The largest absolute Gasteiger partial charge is 0.507 e. The molecule has 2 heterocycles. The van der Waals surface area contributed by atoms with E-state index in [1.165, 1.54) is 23.3 Å². The second kappa shape index (κ2) is 8.00. The second-order valence-electron chi connectivity index (χ2n) is 6.55. The molecule has 1 fully saturated rings. The Morgan fingerprint density at radius 1 is 1.10 bits per heavy atom. The Hall–Kier alpha value is -3.04. The molecule has 0 radical (unpaired) electrons. The van der Waals surface area contributed by atoms with Crippen molar-refractivity contribution in [3.63, 3.8) is 0 Å². The lowest BCUT2D eigenvalue weighted by Crippen LogP contribution is -2.29. The Labute approximate surface area is 184 Å². The maximum absolute atomic E-state index is 13.0. The van der Waals surface area contributed by atoms with Gasteiger partial charge in [-0.15, -0.1) is 10.2 Å². The second-order valence-corrected chi connectivity index (χ2v) is 8.63. The predicted octanol–water partition coefficient (Wildman–Crippen LogP) is 4.24. The average Bonchev–Trinajstić information content (AvgIpc) is 3.29. The van der Waals surface area contributed by atoms with Gasteiger partial charge in [-0.1, -0.05) is 39.4 Å². The van der Waals surface area contributed by atoms with Gasteiger partial charge in [-0.3, -0.25) is 14.5 Å². The van der Waals surface area contributed by atoms with Gasteiger partial charge >= 0.3 is 5.91 Å². The van der Waals surface area contributed by atoms with Crippen molar-refractivity contribution in [1.82, 2.24) is 10.2 Å². The number of anilines is 1. The van der Waals surface area contributed by atoms with E-state index in [1.807, 2.05) is 12.1 Å². The van der Waals surface area contributed by atoms with Crippen molar-refractivity contribution in [1.29, 1.82) is 0 Å². The number of hydrogen-bond donors (Lipinski definition) is 1. The summed E-state index contributed by atoms with van der Waals surface area (Å²) in [4.78, 5) is 27.2. The van der Waals surface area contributed by atoms with Crippen LogP contribution in [0, 0.1) is 6.92 Å². The van der Waals surface area contributed by atoms with Crippen molar-refractivity contribution in [2.24, 2.45) is 0 Å². The molecular formula is C21H16BrN3O4S. The molecule has 1 saturated heterocycles. The number of aryl methyl sites for hydroxylation is 1. The van der Waals surface area contributed by atoms with E-state index in [0.717, 1.165) is 4.47 Å². The molecule has 1 N–H and O–H groups in total. The molecule has 2 aromatic carbocycles. The number of aromatic nitrogens is 2. The molecule has 1 aliphatic heterocycles. The highest BCUT2D eigenvalue weighted by Crippen LogP contribution is 2.43. The number of amides is 1. The number of aliphatic hydroxyl groups is 1. The number of methoxy groups -OCH3 is 1. The van der Waals surface area contributed by atoms with Crippen LogP contribution >= 0.6 is 27.3 Å². The maximum Gasteiger partial charge on any atom is 0.301 e. The number of carbonyl (C=O) groups excluding carboxylic acids is 2. The summed E-state index contributed by atoms with van der Waals surface area (Å²) < 4.78 is 6.00. The highest BCUT2D eigenvalue weighted by molar-refractivity contribution is 9.10. The van der Waals surface area contributed by atoms with E-state index in [1.54, 1.807) is 43.3 Å². The number of ketones is 1. The first kappa shape index (κ1) is 20.2. The van der Waals surface area contributed by atoms with Crippen LogP contribution in [0.25, 0.3) is 5.76 Å². The number of Topliss-reactive ketones (excluding diaryl/α,β-unsaturated/α-hetero) is 1. The molecule has 0 bridgehead atoms. The summed E-state index contributed by atoms with van der Waals surface area (Å²) >= 11 is 4.60. The van der Waals surface area contributed by atoms with Gasteiger partial charge in [0.2, 0.25) is 5.13 Å². The summed E-state index contributed by atoms with van der Waals surface area (Å²) in [5.74, 6) is -1.17. The minimum absolute atomic E-state index is 0.000317. The first-order valence-electron chi connectivity index (χ1n) is 8.91. The molecule has 4 rings (SSSR count). The Balaban J connectivity index is 1.91. The zero-order chi connectivity index (χ0) is 21.4. The van der Waals surface area contributed by atoms with Crippen molar-refractivity contribution < 1.29 is 19.4 Å². The molecule has 7 nitrogen and oxygen atoms in total. The third-order valence-corrected chi connectivity index (χ3v) is 6.08. The number of carbonyl (C=O) groups is 2. The summed E-state index contributed by atoms with van der Waals surface area (Å²) in [6.45, 7) is 1.77. The number of rotatable bonds is 4. The van der Waals surface area contributed by atoms with Crippen molar-refractivity contribution >= 4 is 49.8 Å². The van der Waals surface area contributed by atoms with Gasteiger partial charge in [-0.25, -0.2) is 0 Å². The van der Waals surface area contributed by atoms with Gasteiger partial charge in [-0.05, 0) is 48.9 Å². The number of benzene rings is 2. The summed E-state index contributed by atoms with van der Waals surface area (Å²) in [7, 11) is 1.54. The number of aliphatic hydroxyl groups excluding tert-OH is 1. The fraction of sp³-hybridized carbons (Fsp3) is 0.143. The van der Waals surface area contributed by atoms with Crippen molar-refractivity contribution in [3.05, 3.63) is 74.7 Å². The molecule has 1 aliphatic rings. The molecule has 9 heteroatoms. The maximum atomic E-state index is 13.0. The number of ether oxygens (including phenoxy) is 1. The summed E-state index contributed by atoms with van der Waals surface area (Å²) in [5.41, 5.74) is 1.07.